The number of benzene rings is 2. The summed E-state index contributed by atoms with van der Waals surface area (Å²) in [6.07, 6.45) is 1.34. The minimum atomic E-state index is -3.30. The predicted octanol–water partition coefficient (Wildman–Crippen LogP) is 2.67. The van der Waals surface area contributed by atoms with Crippen LogP contribution in [0.4, 0.5) is 5.69 Å². The Morgan fingerprint density at radius 2 is 1.83 bits per heavy atom. The molecule has 122 valence electrons. The van der Waals surface area contributed by atoms with Crippen molar-refractivity contribution in [3.8, 4) is 5.75 Å². The van der Waals surface area contributed by atoms with Crippen LogP contribution in [0.25, 0.3) is 0 Å². The fourth-order valence-corrected chi connectivity index (χ4v) is 2.73. The molecule has 1 N–H and O–H groups in total. The highest BCUT2D eigenvalue weighted by Crippen LogP contribution is 2.16. The van der Waals surface area contributed by atoms with Gasteiger partial charge in [0, 0.05) is 11.9 Å². The number of ether oxygens (including phenoxy) is 1. The van der Waals surface area contributed by atoms with Gasteiger partial charge in [-0.2, -0.15) is 0 Å². The van der Waals surface area contributed by atoms with Gasteiger partial charge in [-0.15, -0.1) is 0 Å². The Hall–Kier alpha value is -2.34. The Balaban J connectivity index is 2.02. The molecule has 0 aliphatic rings. The van der Waals surface area contributed by atoms with E-state index in [4.69, 9.17) is 4.74 Å². The van der Waals surface area contributed by atoms with Crippen LogP contribution in [0.1, 0.15) is 12.5 Å². The summed E-state index contributed by atoms with van der Waals surface area (Å²) in [6.45, 7) is 2.50. The van der Waals surface area contributed by atoms with Crippen molar-refractivity contribution in [2.45, 2.75) is 18.2 Å². The molecule has 0 atom stereocenters. The zero-order valence-electron chi connectivity index (χ0n) is 13.1. The smallest absolute Gasteiger partial charge is 0.228 e. The van der Waals surface area contributed by atoms with Gasteiger partial charge in [-0.3, -0.25) is 4.79 Å². The molecular formula is C17H19NO4S. The minimum Gasteiger partial charge on any atom is -0.494 e. The molecular weight excluding hydrogens is 314 g/mol. The number of carbonyl (C=O) groups excluding carboxylic acids is 1. The first-order chi connectivity index (χ1) is 10.9. The topological polar surface area (TPSA) is 72.5 Å². The Bertz CT molecular complexity index is 782. The van der Waals surface area contributed by atoms with Crippen molar-refractivity contribution in [2.24, 2.45) is 0 Å². The van der Waals surface area contributed by atoms with Crippen LogP contribution >= 0.6 is 0 Å². The zero-order chi connectivity index (χ0) is 16.9. The van der Waals surface area contributed by atoms with Gasteiger partial charge in [0.25, 0.3) is 0 Å². The Morgan fingerprint density at radius 1 is 1.13 bits per heavy atom. The molecule has 2 aromatic carbocycles. The van der Waals surface area contributed by atoms with Gasteiger partial charge in [-0.05, 0) is 42.8 Å². The van der Waals surface area contributed by atoms with Gasteiger partial charge in [0.1, 0.15) is 5.75 Å². The molecule has 1 amide bonds. The fraction of sp³-hybridized carbons (Fsp3) is 0.235. The molecule has 6 heteroatoms. The van der Waals surface area contributed by atoms with Crippen LogP contribution in [0.3, 0.4) is 0 Å². The van der Waals surface area contributed by atoms with Gasteiger partial charge in [-0.25, -0.2) is 8.42 Å². The lowest BCUT2D eigenvalue weighted by atomic mass is 10.1. The molecule has 0 unspecified atom stereocenters. The van der Waals surface area contributed by atoms with E-state index in [2.05, 4.69) is 5.32 Å². The summed E-state index contributed by atoms with van der Waals surface area (Å²) >= 11 is 0. The molecule has 0 fully saturated rings. The molecule has 0 radical (unpaired) electrons. The number of anilines is 1. The molecule has 0 aromatic heterocycles. The van der Waals surface area contributed by atoms with E-state index in [9.17, 15) is 13.2 Å². The first kappa shape index (κ1) is 17.0. The van der Waals surface area contributed by atoms with E-state index >= 15 is 0 Å². The quantitative estimate of drug-likeness (QED) is 0.882. The average Bonchev–Trinajstić information content (AvgIpc) is 2.49. The summed E-state index contributed by atoms with van der Waals surface area (Å²) in [5, 5.41) is 2.71. The van der Waals surface area contributed by atoms with Gasteiger partial charge in [0.05, 0.1) is 17.9 Å². The van der Waals surface area contributed by atoms with E-state index in [-0.39, 0.29) is 17.2 Å². The average molecular weight is 333 g/mol. The third kappa shape index (κ3) is 5.10. The molecule has 23 heavy (non-hydrogen) atoms. The number of amides is 1. The summed E-state index contributed by atoms with van der Waals surface area (Å²) in [7, 11) is -3.30. The maximum Gasteiger partial charge on any atom is 0.228 e. The highest BCUT2D eigenvalue weighted by Gasteiger charge is 2.09. The predicted molar refractivity (Wildman–Crippen MR) is 89.5 cm³/mol. The number of rotatable bonds is 6. The van der Waals surface area contributed by atoms with Crippen molar-refractivity contribution >= 4 is 21.4 Å². The second-order valence-electron chi connectivity index (χ2n) is 5.10. The van der Waals surface area contributed by atoms with E-state index in [0.29, 0.717) is 12.3 Å². The number of sulfone groups is 1. The van der Waals surface area contributed by atoms with E-state index in [1.807, 2.05) is 31.2 Å². The first-order valence-electron chi connectivity index (χ1n) is 7.20. The highest BCUT2D eigenvalue weighted by molar-refractivity contribution is 7.90. The van der Waals surface area contributed by atoms with Crippen molar-refractivity contribution in [3.05, 3.63) is 54.1 Å². The number of nitrogens with one attached hydrogen (secondary N) is 1. The van der Waals surface area contributed by atoms with E-state index in [0.717, 1.165) is 17.6 Å². The van der Waals surface area contributed by atoms with Crippen molar-refractivity contribution < 1.29 is 17.9 Å². The molecule has 0 heterocycles. The highest BCUT2D eigenvalue weighted by atomic mass is 32.2. The van der Waals surface area contributed by atoms with Crippen LogP contribution in [-0.2, 0) is 21.1 Å². The molecule has 5 nitrogen and oxygen atoms in total. The molecule has 0 saturated carbocycles. The first-order valence-corrected chi connectivity index (χ1v) is 9.09. The number of carbonyl (C=O) groups is 1. The Kier molecular flexibility index (Phi) is 5.39. The molecule has 0 saturated heterocycles. The van der Waals surface area contributed by atoms with E-state index < -0.39 is 9.84 Å². The van der Waals surface area contributed by atoms with Crippen LogP contribution in [-0.4, -0.2) is 27.2 Å². The lowest BCUT2D eigenvalue weighted by Crippen LogP contribution is -2.14. The summed E-state index contributed by atoms with van der Waals surface area (Å²) < 4.78 is 28.4. The van der Waals surface area contributed by atoms with Crippen LogP contribution < -0.4 is 10.1 Å². The number of hydrogen-bond acceptors (Lipinski definition) is 4. The maximum absolute atomic E-state index is 12.1. The summed E-state index contributed by atoms with van der Waals surface area (Å²) in [4.78, 5) is 12.2. The summed E-state index contributed by atoms with van der Waals surface area (Å²) in [5.74, 6) is 0.553. The molecule has 0 bridgehead atoms. The summed E-state index contributed by atoms with van der Waals surface area (Å²) in [6, 6.07) is 13.5. The third-order valence-electron chi connectivity index (χ3n) is 3.14. The van der Waals surface area contributed by atoms with Gasteiger partial charge < -0.3 is 10.1 Å². The zero-order valence-corrected chi connectivity index (χ0v) is 13.9. The summed E-state index contributed by atoms with van der Waals surface area (Å²) in [5.41, 5.74) is 1.31. The third-order valence-corrected chi connectivity index (χ3v) is 4.26. The Labute approximate surface area is 136 Å². The molecule has 2 rings (SSSR count). The van der Waals surface area contributed by atoms with Crippen LogP contribution in [0.2, 0.25) is 0 Å². The molecule has 0 aliphatic heterocycles. The molecule has 2 aromatic rings. The van der Waals surface area contributed by atoms with Crippen molar-refractivity contribution in [1.29, 1.82) is 0 Å². The normalized spacial score (nSPS) is 11.0. The van der Waals surface area contributed by atoms with Gasteiger partial charge >= 0.3 is 0 Å². The van der Waals surface area contributed by atoms with Crippen molar-refractivity contribution in [3.63, 3.8) is 0 Å². The van der Waals surface area contributed by atoms with E-state index in [1.165, 1.54) is 12.1 Å². The van der Waals surface area contributed by atoms with Gasteiger partial charge in [-0.1, -0.05) is 18.2 Å². The molecule has 0 spiro atoms. The largest absolute Gasteiger partial charge is 0.494 e. The van der Waals surface area contributed by atoms with Crippen molar-refractivity contribution in [1.82, 2.24) is 0 Å². The lowest BCUT2D eigenvalue weighted by molar-refractivity contribution is -0.115. The van der Waals surface area contributed by atoms with E-state index in [1.54, 1.807) is 12.1 Å². The van der Waals surface area contributed by atoms with Crippen molar-refractivity contribution in [2.75, 3.05) is 18.2 Å². The maximum atomic E-state index is 12.1. The lowest BCUT2D eigenvalue weighted by Gasteiger charge is -2.08. The second-order valence-corrected chi connectivity index (χ2v) is 7.12. The van der Waals surface area contributed by atoms with Crippen LogP contribution in [0.5, 0.6) is 5.75 Å². The molecule has 0 aliphatic carbocycles. The SMILES string of the molecule is CCOc1ccc(CC(=O)Nc2cccc(S(C)(=O)=O)c2)cc1. The van der Waals surface area contributed by atoms with Gasteiger partial charge in [0.2, 0.25) is 5.91 Å². The monoisotopic (exact) mass is 333 g/mol. The van der Waals surface area contributed by atoms with Crippen LogP contribution in [0.15, 0.2) is 53.4 Å². The second kappa shape index (κ2) is 7.28. The number of hydrogen-bond donors (Lipinski definition) is 1. The fourth-order valence-electron chi connectivity index (χ4n) is 2.07. The minimum absolute atomic E-state index is 0.177. The Morgan fingerprint density at radius 3 is 2.43 bits per heavy atom. The standard InChI is InChI=1S/C17H19NO4S/c1-3-22-15-9-7-13(8-10-15)11-17(19)18-14-5-4-6-16(12-14)23(2,20)21/h4-10,12H,3,11H2,1-2H3,(H,18,19). The van der Waals surface area contributed by atoms with Gasteiger partial charge in [0.15, 0.2) is 9.84 Å². The van der Waals surface area contributed by atoms with Crippen LogP contribution in [0, 0.1) is 0 Å².